The van der Waals surface area contributed by atoms with Gasteiger partial charge in [-0.1, -0.05) is 20.3 Å². The Morgan fingerprint density at radius 2 is 1.93 bits per heavy atom. The lowest BCUT2D eigenvalue weighted by Crippen LogP contribution is -2.54. The van der Waals surface area contributed by atoms with E-state index >= 15 is 0 Å². The summed E-state index contributed by atoms with van der Waals surface area (Å²) in [6.45, 7) is 16.9. The smallest absolute Gasteiger partial charge is 0.191 e. The molecule has 0 saturated carbocycles. The molecule has 7 heteroatoms. The summed E-state index contributed by atoms with van der Waals surface area (Å²) in [5.74, 6) is 2.49. The number of imidazole rings is 1. The Hall–Kier alpha value is -0.830. The van der Waals surface area contributed by atoms with Crippen LogP contribution in [-0.2, 0) is 13.1 Å². The summed E-state index contributed by atoms with van der Waals surface area (Å²) in [4.78, 5) is 11.8. The number of aromatic nitrogens is 2. The third-order valence-corrected chi connectivity index (χ3v) is 4.99. The summed E-state index contributed by atoms with van der Waals surface area (Å²) in [5.41, 5.74) is 0.132. The number of hydrogen-bond acceptors (Lipinski definition) is 3. The topological polar surface area (TPSA) is 57.5 Å². The maximum atomic E-state index is 4.76. The normalized spacial score (nSPS) is 16.3. The fraction of sp³-hybridized carbons (Fsp3) is 0.800. The highest BCUT2D eigenvalue weighted by molar-refractivity contribution is 14.0. The Balaban J connectivity index is 0.00000364. The number of hydrogen-bond donors (Lipinski definition) is 2. The van der Waals surface area contributed by atoms with Gasteiger partial charge in [-0.15, -0.1) is 24.0 Å². The average molecular weight is 490 g/mol. The second-order valence-corrected chi connectivity index (χ2v) is 8.30. The SMILES string of the molecule is CCNC(=NCc1nccn1CC(C)C)NCC(C)(C)N1CCCCC1.I. The van der Waals surface area contributed by atoms with Crippen LogP contribution < -0.4 is 10.6 Å². The van der Waals surface area contributed by atoms with Gasteiger partial charge >= 0.3 is 0 Å². The van der Waals surface area contributed by atoms with Crippen molar-refractivity contribution in [2.75, 3.05) is 26.2 Å². The van der Waals surface area contributed by atoms with Crippen molar-refractivity contribution in [2.45, 2.75) is 72.5 Å². The third kappa shape index (κ3) is 7.97. The molecule has 0 radical (unpaired) electrons. The maximum Gasteiger partial charge on any atom is 0.191 e. The zero-order valence-electron chi connectivity index (χ0n) is 17.8. The van der Waals surface area contributed by atoms with E-state index < -0.39 is 0 Å². The van der Waals surface area contributed by atoms with E-state index in [4.69, 9.17) is 4.99 Å². The van der Waals surface area contributed by atoms with E-state index in [0.717, 1.165) is 31.4 Å². The number of halogens is 1. The number of nitrogens with zero attached hydrogens (tertiary/aromatic N) is 4. The summed E-state index contributed by atoms with van der Waals surface area (Å²) in [7, 11) is 0. The van der Waals surface area contributed by atoms with E-state index in [2.05, 4.69) is 59.7 Å². The highest BCUT2D eigenvalue weighted by Crippen LogP contribution is 2.19. The van der Waals surface area contributed by atoms with Gasteiger partial charge in [0.05, 0.1) is 0 Å². The Morgan fingerprint density at radius 1 is 1.22 bits per heavy atom. The second kappa shape index (κ2) is 11.9. The summed E-state index contributed by atoms with van der Waals surface area (Å²) >= 11 is 0. The fourth-order valence-electron chi connectivity index (χ4n) is 3.45. The van der Waals surface area contributed by atoms with E-state index in [0.29, 0.717) is 12.5 Å². The monoisotopic (exact) mass is 490 g/mol. The Kier molecular flexibility index (Phi) is 10.7. The van der Waals surface area contributed by atoms with E-state index in [1.807, 2.05) is 12.4 Å². The summed E-state index contributed by atoms with van der Waals surface area (Å²) in [6.07, 6.45) is 7.91. The zero-order valence-corrected chi connectivity index (χ0v) is 20.1. The minimum absolute atomic E-state index is 0. The summed E-state index contributed by atoms with van der Waals surface area (Å²) < 4.78 is 2.20. The first-order valence-corrected chi connectivity index (χ1v) is 10.2. The van der Waals surface area contributed by atoms with Crippen molar-refractivity contribution in [1.29, 1.82) is 0 Å². The van der Waals surface area contributed by atoms with Gasteiger partial charge in [-0.25, -0.2) is 9.98 Å². The quantitative estimate of drug-likeness (QED) is 0.333. The van der Waals surface area contributed by atoms with Crippen molar-refractivity contribution >= 4 is 29.9 Å². The van der Waals surface area contributed by atoms with Crippen molar-refractivity contribution in [2.24, 2.45) is 10.9 Å². The van der Waals surface area contributed by atoms with Gasteiger partial charge in [0, 0.05) is 37.6 Å². The molecule has 0 atom stereocenters. The molecule has 0 amide bonds. The molecule has 0 unspecified atom stereocenters. The van der Waals surface area contributed by atoms with Gasteiger partial charge in [-0.3, -0.25) is 4.90 Å². The van der Waals surface area contributed by atoms with Crippen molar-refractivity contribution in [3.8, 4) is 0 Å². The molecule has 156 valence electrons. The molecule has 2 heterocycles. The average Bonchev–Trinajstić information content (AvgIpc) is 3.04. The van der Waals surface area contributed by atoms with Crippen LogP contribution in [0.25, 0.3) is 0 Å². The van der Waals surface area contributed by atoms with Crippen LogP contribution in [-0.4, -0.2) is 52.1 Å². The van der Waals surface area contributed by atoms with E-state index in [-0.39, 0.29) is 29.5 Å². The van der Waals surface area contributed by atoms with Crippen LogP contribution in [0.3, 0.4) is 0 Å². The van der Waals surface area contributed by atoms with Crippen LogP contribution in [0.2, 0.25) is 0 Å². The Bertz CT molecular complexity index is 561. The molecule has 2 N–H and O–H groups in total. The number of aliphatic imine (C=N–C) groups is 1. The minimum Gasteiger partial charge on any atom is -0.357 e. The molecule has 27 heavy (non-hydrogen) atoms. The standard InChI is InChI=1S/C20H38N6.HI/c1-6-21-19(23-14-18-22-10-13-25(18)15-17(2)3)24-16-20(4,5)26-11-8-7-9-12-26;/h10,13,17H,6-9,11-12,14-16H2,1-5H3,(H2,21,23,24);1H. The molecular weight excluding hydrogens is 451 g/mol. The maximum absolute atomic E-state index is 4.76. The lowest BCUT2D eigenvalue weighted by atomic mass is 9.98. The molecule has 6 nitrogen and oxygen atoms in total. The summed E-state index contributed by atoms with van der Waals surface area (Å²) in [5, 5.41) is 6.91. The van der Waals surface area contributed by atoms with Crippen molar-refractivity contribution in [3.63, 3.8) is 0 Å². The predicted molar refractivity (Wildman–Crippen MR) is 125 cm³/mol. The van der Waals surface area contributed by atoms with Gasteiger partial charge in [0.1, 0.15) is 12.4 Å². The first-order valence-electron chi connectivity index (χ1n) is 10.2. The van der Waals surface area contributed by atoms with Crippen LogP contribution in [0.4, 0.5) is 0 Å². The molecule has 0 spiro atoms. The largest absolute Gasteiger partial charge is 0.357 e. The second-order valence-electron chi connectivity index (χ2n) is 8.30. The minimum atomic E-state index is 0. The van der Waals surface area contributed by atoms with Crippen molar-refractivity contribution < 1.29 is 0 Å². The first-order chi connectivity index (χ1) is 12.4. The molecule has 1 fully saturated rings. The van der Waals surface area contributed by atoms with Crippen LogP contribution in [0.1, 0.15) is 59.7 Å². The van der Waals surface area contributed by atoms with Crippen LogP contribution in [0.5, 0.6) is 0 Å². The number of piperidine rings is 1. The molecule has 0 bridgehead atoms. The van der Waals surface area contributed by atoms with Crippen LogP contribution >= 0.6 is 24.0 Å². The Morgan fingerprint density at radius 3 is 2.56 bits per heavy atom. The van der Waals surface area contributed by atoms with Crippen molar-refractivity contribution in [3.05, 3.63) is 18.2 Å². The lowest BCUT2D eigenvalue weighted by Gasteiger charge is -2.41. The van der Waals surface area contributed by atoms with Gasteiger partial charge in [0.2, 0.25) is 0 Å². The van der Waals surface area contributed by atoms with Crippen LogP contribution in [0, 0.1) is 5.92 Å². The van der Waals surface area contributed by atoms with Gasteiger partial charge in [0.15, 0.2) is 5.96 Å². The van der Waals surface area contributed by atoms with Gasteiger partial charge < -0.3 is 15.2 Å². The zero-order chi connectivity index (χ0) is 19.0. The molecule has 0 aromatic carbocycles. The molecule has 1 saturated heterocycles. The van der Waals surface area contributed by atoms with E-state index in [9.17, 15) is 0 Å². The number of guanidine groups is 1. The summed E-state index contributed by atoms with van der Waals surface area (Å²) in [6, 6.07) is 0. The molecule has 1 aromatic rings. The van der Waals surface area contributed by atoms with Gasteiger partial charge in [0.25, 0.3) is 0 Å². The molecule has 1 aliphatic heterocycles. The molecule has 1 aromatic heterocycles. The van der Waals surface area contributed by atoms with Crippen molar-refractivity contribution in [1.82, 2.24) is 25.1 Å². The third-order valence-electron chi connectivity index (χ3n) is 4.99. The number of likely N-dealkylation sites (tertiary alicyclic amines) is 1. The number of rotatable bonds is 8. The molecule has 0 aliphatic carbocycles. The molecular formula is C20H39IN6. The lowest BCUT2D eigenvalue weighted by molar-refractivity contribution is 0.0982. The van der Waals surface area contributed by atoms with E-state index in [1.54, 1.807) is 0 Å². The first kappa shape index (κ1) is 24.2. The van der Waals surface area contributed by atoms with Gasteiger partial charge in [-0.05, 0) is 52.6 Å². The van der Waals surface area contributed by atoms with Crippen LogP contribution in [0.15, 0.2) is 17.4 Å². The fourth-order valence-corrected chi connectivity index (χ4v) is 3.45. The highest BCUT2D eigenvalue weighted by atomic mass is 127. The predicted octanol–water partition coefficient (Wildman–Crippen LogP) is 3.48. The number of nitrogens with one attached hydrogen (secondary N) is 2. The van der Waals surface area contributed by atoms with E-state index in [1.165, 1.54) is 32.4 Å². The molecule has 2 rings (SSSR count). The van der Waals surface area contributed by atoms with Gasteiger partial charge in [-0.2, -0.15) is 0 Å². The Labute approximate surface area is 182 Å². The molecule has 1 aliphatic rings. The highest BCUT2D eigenvalue weighted by Gasteiger charge is 2.27.